The third-order valence-corrected chi connectivity index (χ3v) is 5.69. The molecule has 2 amide bonds. The van der Waals surface area contributed by atoms with Gasteiger partial charge in [-0.15, -0.1) is 0 Å². The van der Waals surface area contributed by atoms with Crippen LogP contribution in [0.25, 0.3) is 5.57 Å². The Morgan fingerprint density at radius 2 is 1.81 bits per heavy atom. The van der Waals surface area contributed by atoms with Gasteiger partial charge in [-0.25, -0.2) is 13.7 Å². The number of carbonyl (C=O) groups is 2. The minimum atomic E-state index is -1.14. The van der Waals surface area contributed by atoms with Gasteiger partial charge < -0.3 is 14.7 Å². The molecule has 31 heavy (non-hydrogen) atoms. The highest BCUT2D eigenvalue weighted by molar-refractivity contribution is 6.45. The number of piperidine rings is 1. The van der Waals surface area contributed by atoms with Crippen LogP contribution in [-0.4, -0.2) is 48.6 Å². The number of ether oxygens (including phenoxy) is 1. The first-order valence-electron chi connectivity index (χ1n) is 10.0. The van der Waals surface area contributed by atoms with E-state index in [0.717, 1.165) is 29.9 Å². The predicted molar refractivity (Wildman–Crippen MR) is 110 cm³/mol. The average molecular weight is 428 g/mol. The molecule has 2 heterocycles. The quantitative estimate of drug-likeness (QED) is 0.742. The first-order chi connectivity index (χ1) is 14.9. The molecule has 0 aromatic heterocycles. The van der Waals surface area contributed by atoms with Gasteiger partial charge in [-0.2, -0.15) is 0 Å². The Kier molecular flexibility index (Phi) is 5.73. The molecule has 1 N–H and O–H groups in total. The normalized spacial score (nSPS) is 19.4. The highest BCUT2D eigenvalue weighted by Gasteiger charge is 2.43. The highest BCUT2D eigenvalue weighted by Crippen LogP contribution is 2.37. The van der Waals surface area contributed by atoms with Gasteiger partial charge in [0.25, 0.3) is 11.8 Å². The van der Waals surface area contributed by atoms with Gasteiger partial charge in [0.2, 0.25) is 0 Å². The van der Waals surface area contributed by atoms with Crippen molar-refractivity contribution in [1.29, 1.82) is 0 Å². The standard InChI is InChI=1S/C23H22F2N2O4/c1-31-17-7-4-15(5-8-17)20-21(26-10-2-3-14(12-26)13-28)23(30)27(22(20)29)16-6-9-18(24)19(25)11-16/h4-9,11,14,28H,2-3,10,12-13H2,1H3. The van der Waals surface area contributed by atoms with Crippen LogP contribution in [0.1, 0.15) is 18.4 Å². The van der Waals surface area contributed by atoms with E-state index in [1.54, 1.807) is 24.3 Å². The van der Waals surface area contributed by atoms with Crippen molar-refractivity contribution in [2.45, 2.75) is 12.8 Å². The van der Waals surface area contributed by atoms with E-state index < -0.39 is 23.4 Å². The SMILES string of the molecule is COc1ccc(C2=C(N3CCCC(CO)C3)C(=O)N(c3ccc(F)c(F)c3)C2=O)cc1. The maximum absolute atomic E-state index is 13.8. The van der Waals surface area contributed by atoms with Crippen LogP contribution in [0.3, 0.4) is 0 Å². The highest BCUT2D eigenvalue weighted by atomic mass is 19.2. The summed E-state index contributed by atoms with van der Waals surface area (Å²) in [5.41, 5.74) is 0.880. The molecular weight excluding hydrogens is 406 g/mol. The number of hydrogen-bond acceptors (Lipinski definition) is 5. The van der Waals surface area contributed by atoms with Crippen LogP contribution in [-0.2, 0) is 9.59 Å². The zero-order valence-corrected chi connectivity index (χ0v) is 17.0. The van der Waals surface area contributed by atoms with Crippen molar-refractivity contribution in [2.75, 3.05) is 31.7 Å². The van der Waals surface area contributed by atoms with E-state index in [4.69, 9.17) is 4.74 Å². The molecule has 1 fully saturated rings. The zero-order valence-electron chi connectivity index (χ0n) is 17.0. The topological polar surface area (TPSA) is 70.1 Å². The lowest BCUT2D eigenvalue weighted by molar-refractivity contribution is -0.120. The van der Waals surface area contributed by atoms with Crippen molar-refractivity contribution < 1.29 is 28.2 Å². The largest absolute Gasteiger partial charge is 0.497 e. The number of imide groups is 1. The maximum atomic E-state index is 13.8. The molecular formula is C23H22F2N2O4. The molecule has 6 nitrogen and oxygen atoms in total. The molecule has 2 aliphatic rings. The summed E-state index contributed by atoms with van der Waals surface area (Å²) in [6.07, 6.45) is 1.59. The van der Waals surface area contributed by atoms with E-state index in [2.05, 4.69) is 0 Å². The van der Waals surface area contributed by atoms with Crippen molar-refractivity contribution in [2.24, 2.45) is 5.92 Å². The molecule has 162 valence electrons. The molecule has 2 aromatic carbocycles. The molecule has 2 aromatic rings. The number of anilines is 1. The second kappa shape index (κ2) is 8.47. The molecule has 2 aliphatic heterocycles. The number of aliphatic hydroxyl groups excluding tert-OH is 1. The third kappa shape index (κ3) is 3.79. The first-order valence-corrected chi connectivity index (χ1v) is 10.0. The Bertz CT molecular complexity index is 1050. The van der Waals surface area contributed by atoms with Crippen molar-refractivity contribution in [3.63, 3.8) is 0 Å². The zero-order chi connectivity index (χ0) is 22.1. The summed E-state index contributed by atoms with van der Waals surface area (Å²) in [6.45, 7) is 0.961. The summed E-state index contributed by atoms with van der Waals surface area (Å²) in [6, 6.07) is 9.67. The van der Waals surface area contributed by atoms with E-state index in [9.17, 15) is 23.5 Å². The number of carbonyl (C=O) groups excluding carboxylic acids is 2. The number of methoxy groups -OCH3 is 1. The summed E-state index contributed by atoms with van der Waals surface area (Å²) in [7, 11) is 1.53. The van der Waals surface area contributed by atoms with Gasteiger partial charge >= 0.3 is 0 Å². The van der Waals surface area contributed by atoms with Gasteiger partial charge in [-0.05, 0) is 48.6 Å². The number of nitrogens with zero attached hydrogens (tertiary/aromatic N) is 2. The fraction of sp³-hybridized carbons (Fsp3) is 0.304. The van der Waals surface area contributed by atoms with Gasteiger partial charge in [0.15, 0.2) is 11.6 Å². The Balaban J connectivity index is 1.81. The fourth-order valence-corrected chi connectivity index (χ4v) is 4.11. The summed E-state index contributed by atoms with van der Waals surface area (Å²) < 4.78 is 32.4. The number of halogens is 2. The van der Waals surface area contributed by atoms with Crippen molar-refractivity contribution in [3.8, 4) is 5.75 Å². The molecule has 0 spiro atoms. The van der Waals surface area contributed by atoms with Gasteiger partial charge in [-0.1, -0.05) is 12.1 Å². The minimum Gasteiger partial charge on any atom is -0.497 e. The number of amides is 2. The molecule has 0 saturated carbocycles. The molecule has 1 saturated heterocycles. The van der Waals surface area contributed by atoms with E-state index in [-0.39, 0.29) is 29.5 Å². The van der Waals surface area contributed by atoms with Crippen LogP contribution in [0.5, 0.6) is 5.75 Å². The second-order valence-electron chi connectivity index (χ2n) is 7.63. The lowest BCUT2D eigenvalue weighted by atomic mass is 9.97. The molecule has 1 unspecified atom stereocenters. The Labute approximate surface area is 178 Å². The van der Waals surface area contributed by atoms with Gasteiger partial charge in [0.05, 0.1) is 18.4 Å². The Morgan fingerprint density at radius 1 is 1.06 bits per heavy atom. The van der Waals surface area contributed by atoms with Crippen molar-refractivity contribution in [1.82, 2.24) is 4.90 Å². The second-order valence-corrected chi connectivity index (χ2v) is 7.63. The van der Waals surface area contributed by atoms with Gasteiger partial charge in [0, 0.05) is 25.8 Å². The fourth-order valence-electron chi connectivity index (χ4n) is 4.11. The smallest absolute Gasteiger partial charge is 0.282 e. The van der Waals surface area contributed by atoms with Crippen LogP contribution in [0.2, 0.25) is 0 Å². The number of aliphatic hydroxyl groups is 1. The van der Waals surface area contributed by atoms with Crippen molar-refractivity contribution in [3.05, 3.63) is 65.4 Å². The lowest BCUT2D eigenvalue weighted by Crippen LogP contribution is -2.40. The third-order valence-electron chi connectivity index (χ3n) is 5.69. The minimum absolute atomic E-state index is 0.0152. The molecule has 4 rings (SSSR count). The van der Waals surface area contributed by atoms with Crippen LogP contribution < -0.4 is 9.64 Å². The summed E-state index contributed by atoms with van der Waals surface area (Å²) in [5.74, 6) is -2.83. The van der Waals surface area contributed by atoms with Crippen LogP contribution in [0.15, 0.2) is 48.2 Å². The van der Waals surface area contributed by atoms with E-state index >= 15 is 0 Å². The Morgan fingerprint density at radius 3 is 2.45 bits per heavy atom. The lowest BCUT2D eigenvalue weighted by Gasteiger charge is -2.34. The van der Waals surface area contributed by atoms with Crippen LogP contribution in [0, 0.1) is 17.6 Å². The summed E-state index contributed by atoms with van der Waals surface area (Å²) in [5, 5.41) is 9.60. The van der Waals surface area contributed by atoms with Crippen molar-refractivity contribution >= 4 is 23.1 Å². The predicted octanol–water partition coefficient (Wildman–Crippen LogP) is 2.96. The number of rotatable bonds is 5. The molecule has 1 atom stereocenters. The van der Waals surface area contributed by atoms with Gasteiger partial charge in [-0.3, -0.25) is 9.59 Å². The van der Waals surface area contributed by atoms with Crippen LogP contribution in [0.4, 0.5) is 14.5 Å². The summed E-state index contributed by atoms with van der Waals surface area (Å²) in [4.78, 5) is 29.5. The molecule has 0 aliphatic carbocycles. The molecule has 8 heteroatoms. The number of hydrogen-bond donors (Lipinski definition) is 1. The first kappa shape index (κ1) is 21.0. The summed E-state index contributed by atoms with van der Waals surface area (Å²) >= 11 is 0. The van der Waals surface area contributed by atoms with E-state index in [1.165, 1.54) is 13.2 Å². The number of likely N-dealkylation sites (tertiary alicyclic amines) is 1. The monoisotopic (exact) mass is 428 g/mol. The maximum Gasteiger partial charge on any atom is 0.282 e. The molecule has 0 bridgehead atoms. The van der Waals surface area contributed by atoms with E-state index in [1.807, 2.05) is 4.90 Å². The van der Waals surface area contributed by atoms with E-state index in [0.29, 0.717) is 24.4 Å². The molecule has 0 radical (unpaired) electrons. The average Bonchev–Trinajstić information content (AvgIpc) is 3.05. The van der Waals surface area contributed by atoms with Crippen LogP contribution >= 0.6 is 0 Å². The number of benzene rings is 2. The van der Waals surface area contributed by atoms with Gasteiger partial charge in [0.1, 0.15) is 11.4 Å². The Hall–Kier alpha value is -3.26.